The number of nitrogens with two attached hydrogens (primary N) is 1. The van der Waals surface area contributed by atoms with Gasteiger partial charge in [-0.1, -0.05) is 30.3 Å². The summed E-state index contributed by atoms with van der Waals surface area (Å²) in [6.07, 6.45) is 0.873. The highest BCUT2D eigenvalue weighted by Gasteiger charge is 2.07. The second kappa shape index (κ2) is 9.42. The van der Waals surface area contributed by atoms with Crippen LogP contribution in [0.5, 0.6) is 0 Å². The number of carbonyl (C=O) groups is 1. The molecule has 1 amide bonds. The molecule has 0 fully saturated rings. The number of primary sulfonamides is 1. The number of carbonyl (C=O) groups excluding carboxylic acids is 1. The third-order valence-corrected chi connectivity index (χ3v) is 4.72. The first-order chi connectivity index (χ1) is 12.4. The monoisotopic (exact) mass is 379 g/mol. The van der Waals surface area contributed by atoms with Crippen molar-refractivity contribution in [2.24, 2.45) is 5.14 Å². The minimum Gasteiger partial charge on any atom is -0.356 e. The van der Waals surface area contributed by atoms with Gasteiger partial charge in [-0.2, -0.15) is 0 Å². The summed E-state index contributed by atoms with van der Waals surface area (Å²) in [6, 6.07) is 12.7. The predicted octanol–water partition coefficient (Wildman–Crippen LogP) is 1.31. The number of rotatable bonds is 9. The number of hydrogen-bond acceptors (Lipinski definition) is 4. The molecule has 26 heavy (non-hydrogen) atoms. The van der Waals surface area contributed by atoms with Crippen LogP contribution in [0.15, 0.2) is 53.4 Å². The molecule has 0 aliphatic heterocycles. The predicted molar refractivity (Wildman–Crippen MR) is 97.3 cm³/mol. The molecular formula is C18H22FN3O3S. The van der Waals surface area contributed by atoms with Crippen molar-refractivity contribution in [1.82, 2.24) is 10.6 Å². The van der Waals surface area contributed by atoms with E-state index < -0.39 is 10.0 Å². The standard InChI is InChI=1S/C18H22FN3O3S/c19-17-4-2-1-3-15(17)13-21-11-10-18(23)22-12-9-14-5-7-16(8-6-14)26(20,24)25/h1-8,21H,9-13H2,(H,22,23)(H2,20,24,25). The lowest BCUT2D eigenvalue weighted by molar-refractivity contribution is -0.120. The van der Waals surface area contributed by atoms with Crippen molar-refractivity contribution >= 4 is 15.9 Å². The van der Waals surface area contributed by atoms with Crippen molar-refractivity contribution in [3.05, 3.63) is 65.5 Å². The van der Waals surface area contributed by atoms with Crippen molar-refractivity contribution < 1.29 is 17.6 Å². The minimum atomic E-state index is -3.69. The molecule has 0 unspecified atom stereocenters. The fraction of sp³-hybridized carbons (Fsp3) is 0.278. The SMILES string of the molecule is NS(=O)(=O)c1ccc(CCNC(=O)CCNCc2ccccc2F)cc1. The van der Waals surface area contributed by atoms with Gasteiger partial charge in [-0.15, -0.1) is 0 Å². The molecule has 0 bridgehead atoms. The molecule has 2 rings (SSSR count). The maximum Gasteiger partial charge on any atom is 0.238 e. The molecule has 0 saturated heterocycles. The van der Waals surface area contributed by atoms with Gasteiger partial charge in [0.2, 0.25) is 15.9 Å². The van der Waals surface area contributed by atoms with E-state index in [0.29, 0.717) is 38.0 Å². The summed E-state index contributed by atoms with van der Waals surface area (Å²) in [5, 5.41) is 10.9. The van der Waals surface area contributed by atoms with E-state index in [1.807, 2.05) is 0 Å². The highest BCUT2D eigenvalue weighted by Crippen LogP contribution is 2.09. The van der Waals surface area contributed by atoms with Gasteiger partial charge in [-0.25, -0.2) is 17.9 Å². The van der Waals surface area contributed by atoms with Gasteiger partial charge in [-0.05, 0) is 30.2 Å². The van der Waals surface area contributed by atoms with Gasteiger partial charge >= 0.3 is 0 Å². The van der Waals surface area contributed by atoms with Crippen molar-refractivity contribution in [3.8, 4) is 0 Å². The number of halogens is 1. The Kier molecular flexibility index (Phi) is 7.26. The number of benzene rings is 2. The normalized spacial score (nSPS) is 11.3. The van der Waals surface area contributed by atoms with Gasteiger partial charge in [0.1, 0.15) is 5.82 Å². The lowest BCUT2D eigenvalue weighted by atomic mass is 10.1. The van der Waals surface area contributed by atoms with Crippen LogP contribution >= 0.6 is 0 Å². The van der Waals surface area contributed by atoms with E-state index >= 15 is 0 Å². The number of nitrogens with one attached hydrogen (secondary N) is 2. The summed E-state index contributed by atoms with van der Waals surface area (Å²) in [6.45, 7) is 1.26. The van der Waals surface area contributed by atoms with Crippen LogP contribution in [-0.2, 0) is 27.8 Å². The summed E-state index contributed by atoms with van der Waals surface area (Å²) < 4.78 is 35.8. The summed E-state index contributed by atoms with van der Waals surface area (Å²) in [7, 11) is -3.69. The van der Waals surface area contributed by atoms with Crippen molar-refractivity contribution in [2.75, 3.05) is 13.1 Å². The summed E-state index contributed by atoms with van der Waals surface area (Å²) in [5.74, 6) is -0.370. The van der Waals surface area contributed by atoms with E-state index in [-0.39, 0.29) is 16.6 Å². The smallest absolute Gasteiger partial charge is 0.238 e. The molecule has 0 radical (unpaired) electrons. The van der Waals surface area contributed by atoms with Crippen LogP contribution in [0, 0.1) is 5.82 Å². The average Bonchev–Trinajstić information content (AvgIpc) is 2.60. The van der Waals surface area contributed by atoms with Crippen LogP contribution in [-0.4, -0.2) is 27.4 Å². The molecule has 0 aliphatic rings. The molecule has 140 valence electrons. The van der Waals surface area contributed by atoms with Gasteiger partial charge in [0, 0.05) is 31.6 Å². The van der Waals surface area contributed by atoms with Crippen molar-refractivity contribution in [2.45, 2.75) is 24.3 Å². The molecule has 0 atom stereocenters. The van der Waals surface area contributed by atoms with Gasteiger partial charge in [0.05, 0.1) is 4.90 Å². The Morgan fingerprint density at radius 2 is 1.73 bits per heavy atom. The third-order valence-electron chi connectivity index (χ3n) is 3.79. The minimum absolute atomic E-state index is 0.0613. The van der Waals surface area contributed by atoms with Crippen LogP contribution in [0.1, 0.15) is 17.5 Å². The van der Waals surface area contributed by atoms with Crippen LogP contribution in [0.25, 0.3) is 0 Å². The molecule has 2 aromatic rings. The van der Waals surface area contributed by atoms with Crippen LogP contribution in [0.4, 0.5) is 4.39 Å². The number of amides is 1. The highest BCUT2D eigenvalue weighted by molar-refractivity contribution is 7.89. The zero-order valence-corrected chi connectivity index (χ0v) is 15.1. The zero-order chi connectivity index (χ0) is 19.0. The molecular weight excluding hydrogens is 357 g/mol. The molecule has 0 saturated carbocycles. The van der Waals surface area contributed by atoms with Gasteiger partial charge in [0.25, 0.3) is 0 Å². The lowest BCUT2D eigenvalue weighted by Crippen LogP contribution is -2.29. The van der Waals surface area contributed by atoms with Gasteiger partial charge < -0.3 is 10.6 Å². The largest absolute Gasteiger partial charge is 0.356 e. The second-order valence-electron chi connectivity index (χ2n) is 5.81. The third kappa shape index (κ3) is 6.55. The Balaban J connectivity index is 1.64. The molecule has 0 spiro atoms. The summed E-state index contributed by atoms with van der Waals surface area (Å²) in [4.78, 5) is 11.8. The van der Waals surface area contributed by atoms with E-state index in [0.717, 1.165) is 5.56 Å². The van der Waals surface area contributed by atoms with Crippen LogP contribution in [0.2, 0.25) is 0 Å². The van der Waals surface area contributed by atoms with Gasteiger partial charge in [-0.3, -0.25) is 4.79 Å². The Morgan fingerprint density at radius 3 is 2.38 bits per heavy atom. The summed E-state index contributed by atoms with van der Waals surface area (Å²) >= 11 is 0. The Hall–Kier alpha value is -2.29. The zero-order valence-electron chi connectivity index (χ0n) is 14.2. The Bertz CT molecular complexity index is 839. The fourth-order valence-electron chi connectivity index (χ4n) is 2.35. The van der Waals surface area contributed by atoms with Crippen molar-refractivity contribution in [1.29, 1.82) is 0 Å². The van der Waals surface area contributed by atoms with E-state index in [4.69, 9.17) is 5.14 Å². The van der Waals surface area contributed by atoms with E-state index in [9.17, 15) is 17.6 Å². The van der Waals surface area contributed by atoms with Crippen LogP contribution in [0.3, 0.4) is 0 Å². The van der Waals surface area contributed by atoms with E-state index in [1.165, 1.54) is 18.2 Å². The maximum atomic E-state index is 13.4. The maximum absolute atomic E-state index is 13.4. The van der Waals surface area contributed by atoms with Gasteiger partial charge in [0.15, 0.2) is 0 Å². The average molecular weight is 379 g/mol. The van der Waals surface area contributed by atoms with Crippen molar-refractivity contribution in [3.63, 3.8) is 0 Å². The number of sulfonamides is 1. The Morgan fingerprint density at radius 1 is 1.04 bits per heavy atom. The summed E-state index contributed by atoms with van der Waals surface area (Å²) in [5.41, 5.74) is 1.46. The first-order valence-electron chi connectivity index (χ1n) is 8.19. The molecule has 4 N–H and O–H groups in total. The molecule has 0 aliphatic carbocycles. The first-order valence-corrected chi connectivity index (χ1v) is 9.73. The fourth-order valence-corrected chi connectivity index (χ4v) is 2.86. The van der Waals surface area contributed by atoms with E-state index in [1.54, 1.807) is 30.3 Å². The first kappa shape index (κ1) is 20.0. The number of hydrogen-bond donors (Lipinski definition) is 3. The topological polar surface area (TPSA) is 101 Å². The molecule has 6 nitrogen and oxygen atoms in total. The second-order valence-corrected chi connectivity index (χ2v) is 7.37. The molecule has 8 heteroatoms. The highest BCUT2D eigenvalue weighted by atomic mass is 32.2. The molecule has 0 aromatic heterocycles. The Labute approximate surface area is 152 Å². The molecule has 2 aromatic carbocycles. The lowest BCUT2D eigenvalue weighted by Gasteiger charge is -2.08. The molecule has 0 heterocycles. The van der Waals surface area contributed by atoms with E-state index in [2.05, 4.69) is 10.6 Å². The quantitative estimate of drug-likeness (QED) is 0.572. The van der Waals surface area contributed by atoms with Crippen LogP contribution < -0.4 is 15.8 Å².